The van der Waals surface area contributed by atoms with E-state index in [1.54, 1.807) is 0 Å². The largest absolute Gasteiger partial charge is 0.455 e. The smallest absolute Gasteiger partial charge is 0.160 e. The molecule has 0 radical (unpaired) electrons. The van der Waals surface area contributed by atoms with Gasteiger partial charge in [0.2, 0.25) is 0 Å². The first-order valence-corrected chi connectivity index (χ1v) is 29.7. The highest BCUT2D eigenvalue weighted by molar-refractivity contribution is 6.26. The van der Waals surface area contributed by atoms with Gasteiger partial charge in [-0.3, -0.25) is 0 Å². The van der Waals surface area contributed by atoms with Crippen molar-refractivity contribution in [3.8, 4) is 33.4 Å². The van der Waals surface area contributed by atoms with Gasteiger partial charge in [-0.25, -0.2) is 0 Å². The Morgan fingerprint density at radius 3 is 1.16 bits per heavy atom. The van der Waals surface area contributed by atoms with Gasteiger partial charge < -0.3 is 18.6 Å². The van der Waals surface area contributed by atoms with E-state index in [1.807, 2.05) is 0 Å². The van der Waals surface area contributed by atoms with Crippen molar-refractivity contribution < 1.29 is 8.83 Å². The molecule has 2 heterocycles. The van der Waals surface area contributed by atoms with E-state index in [2.05, 4.69) is 330 Å². The number of para-hydroxylation sites is 4. The number of fused-ring (bicyclic) bond motifs is 11. The summed E-state index contributed by atoms with van der Waals surface area (Å²) in [6, 6.07) is 102. The zero-order valence-electron chi connectivity index (χ0n) is 48.8. The second-order valence-electron chi connectivity index (χ2n) is 24.8. The van der Waals surface area contributed by atoms with Gasteiger partial charge in [-0.05, 0) is 128 Å². The minimum Gasteiger partial charge on any atom is -0.455 e. The summed E-state index contributed by atoms with van der Waals surface area (Å²) in [7, 11) is 0. The zero-order chi connectivity index (χ0) is 57.6. The fourth-order valence-electron chi connectivity index (χ4n) is 13.6. The number of nitrogens with zero attached hydrogens (tertiary/aromatic N) is 2. The van der Waals surface area contributed by atoms with Crippen LogP contribution in [0.5, 0.6) is 0 Å². The number of furan rings is 2. The first-order valence-electron chi connectivity index (χ1n) is 29.7. The minimum absolute atomic E-state index is 0.103. The molecule has 0 atom stereocenters. The van der Waals surface area contributed by atoms with Crippen LogP contribution in [0.2, 0.25) is 0 Å². The lowest BCUT2D eigenvalue weighted by Crippen LogP contribution is -2.29. The summed E-state index contributed by atoms with van der Waals surface area (Å²) in [5.74, 6) is 0. The number of hydrogen-bond acceptors (Lipinski definition) is 4. The van der Waals surface area contributed by atoms with Crippen molar-refractivity contribution in [2.45, 2.75) is 57.8 Å². The number of rotatable bonds is 10. The van der Waals surface area contributed by atoms with Crippen LogP contribution in [0.3, 0.4) is 0 Å². The molecule has 85 heavy (non-hydrogen) atoms. The molecule has 0 aliphatic heterocycles. The lowest BCUT2D eigenvalue weighted by Gasteiger charge is -2.36. The van der Waals surface area contributed by atoms with Crippen LogP contribution in [-0.2, 0) is 16.2 Å². The summed E-state index contributed by atoms with van der Waals surface area (Å²) < 4.78 is 15.2. The van der Waals surface area contributed by atoms with E-state index in [0.717, 1.165) is 134 Å². The molecule has 0 spiro atoms. The molecule has 2 aromatic heterocycles. The lowest BCUT2D eigenvalue weighted by atomic mass is 9.67. The van der Waals surface area contributed by atoms with E-state index in [9.17, 15) is 0 Å². The van der Waals surface area contributed by atoms with Crippen molar-refractivity contribution in [1.29, 1.82) is 0 Å². The quantitative estimate of drug-likeness (QED) is 0.137. The van der Waals surface area contributed by atoms with Crippen LogP contribution in [0.4, 0.5) is 34.1 Å². The fourth-order valence-corrected chi connectivity index (χ4v) is 13.6. The molecule has 14 aromatic rings. The van der Waals surface area contributed by atoms with E-state index in [-0.39, 0.29) is 10.8 Å². The van der Waals surface area contributed by atoms with Gasteiger partial charge in [0, 0.05) is 49.8 Å². The standard InChI is InChI=1S/C81H64N2O2/c1-79(2,3)57-45-47-67(63(49-57)53-29-13-7-14-30-53)82(59-37-21-11-22-38-59)69-51-66-76(78-73(69)61-41-25-27-43-71(61)85-78)75-65(81(66,55-33-17-9-18-34-55)56-35-19-10-20-36-56)52-70(77-74(75)62-42-26-28-44-72(62)84-77)83(60-39-23-12-24-40-60)68-48-46-58(80(4,5)6)50-64(68)54-31-15-8-16-32-54/h7-52H,1-6H3. The van der Waals surface area contributed by atoms with Gasteiger partial charge in [-0.15, -0.1) is 0 Å². The van der Waals surface area contributed by atoms with E-state index in [0.29, 0.717) is 0 Å². The Morgan fingerprint density at radius 2 is 0.694 bits per heavy atom. The van der Waals surface area contributed by atoms with Crippen molar-refractivity contribution in [1.82, 2.24) is 0 Å². The molecule has 12 aromatic carbocycles. The molecule has 1 aliphatic rings. The first kappa shape index (κ1) is 51.7. The van der Waals surface area contributed by atoms with Crippen molar-refractivity contribution in [3.63, 3.8) is 0 Å². The number of benzene rings is 12. The van der Waals surface area contributed by atoms with Gasteiger partial charge >= 0.3 is 0 Å². The second kappa shape index (κ2) is 20.0. The molecule has 0 N–H and O–H groups in total. The lowest BCUT2D eigenvalue weighted by molar-refractivity contribution is 0.590. The molecular formula is C81H64N2O2. The molecule has 0 saturated heterocycles. The van der Waals surface area contributed by atoms with Crippen molar-refractivity contribution in [2.24, 2.45) is 0 Å². The van der Waals surface area contributed by atoms with Crippen LogP contribution in [0.1, 0.15) is 74.9 Å². The molecular weight excluding hydrogens is 1030 g/mol. The highest BCUT2D eigenvalue weighted by Crippen LogP contribution is 2.65. The van der Waals surface area contributed by atoms with Crippen molar-refractivity contribution in [2.75, 3.05) is 9.80 Å². The second-order valence-corrected chi connectivity index (χ2v) is 24.8. The summed E-state index contributed by atoms with van der Waals surface area (Å²) >= 11 is 0. The maximum absolute atomic E-state index is 7.65. The Balaban J connectivity index is 1.14. The molecule has 0 saturated carbocycles. The van der Waals surface area contributed by atoms with Crippen LogP contribution in [-0.4, -0.2) is 0 Å². The molecule has 4 heteroatoms. The van der Waals surface area contributed by atoms with Crippen molar-refractivity contribution in [3.05, 3.63) is 312 Å². The average molecular weight is 1100 g/mol. The van der Waals surface area contributed by atoms with Crippen LogP contribution in [0, 0.1) is 0 Å². The predicted octanol–water partition coefficient (Wildman–Crippen LogP) is 22.7. The summed E-state index contributed by atoms with van der Waals surface area (Å²) in [5.41, 5.74) is 21.9. The SMILES string of the molecule is CC(C)(C)c1ccc(N(c2ccccc2)c2cc3c(c4c2oc2ccccc24)-c2c(cc(N(c4ccccc4)c4ccc(C(C)(C)C)cc4-c4ccccc4)c4c2oc2ccccc24)C3(c2ccccc2)c2ccccc2)c(-c2ccccc2)c1. The molecule has 410 valence electrons. The van der Waals surface area contributed by atoms with Gasteiger partial charge in [0.1, 0.15) is 16.7 Å². The summed E-state index contributed by atoms with van der Waals surface area (Å²) in [4.78, 5) is 4.95. The van der Waals surface area contributed by atoms with E-state index < -0.39 is 5.41 Å². The predicted molar refractivity (Wildman–Crippen MR) is 356 cm³/mol. The van der Waals surface area contributed by atoms with Gasteiger partial charge in [0.15, 0.2) is 5.58 Å². The van der Waals surface area contributed by atoms with Crippen molar-refractivity contribution >= 4 is 78.0 Å². The molecule has 0 fully saturated rings. The molecule has 0 unspecified atom stereocenters. The third-order valence-electron chi connectivity index (χ3n) is 17.6. The number of anilines is 6. The molecule has 15 rings (SSSR count). The van der Waals surface area contributed by atoms with Crippen LogP contribution >= 0.6 is 0 Å². The molecule has 0 bridgehead atoms. The summed E-state index contributed by atoms with van der Waals surface area (Å²) in [5, 5.41) is 4.13. The molecule has 1 aliphatic carbocycles. The molecule has 0 amide bonds. The van der Waals surface area contributed by atoms with Gasteiger partial charge in [0.25, 0.3) is 0 Å². The maximum Gasteiger partial charge on any atom is 0.160 e. The summed E-state index contributed by atoms with van der Waals surface area (Å²) in [6.45, 7) is 13.8. The van der Waals surface area contributed by atoms with E-state index >= 15 is 0 Å². The Kier molecular flexibility index (Phi) is 12.2. The van der Waals surface area contributed by atoms with Crippen LogP contribution in [0.15, 0.2) is 288 Å². The Hall–Kier alpha value is -10.2. The molecule has 4 nitrogen and oxygen atoms in total. The number of hydrogen-bond donors (Lipinski definition) is 0. The summed E-state index contributed by atoms with van der Waals surface area (Å²) in [6.07, 6.45) is 0. The Labute approximate surface area is 497 Å². The fraction of sp³-hybridized carbons (Fsp3) is 0.111. The highest BCUT2D eigenvalue weighted by Gasteiger charge is 2.50. The van der Waals surface area contributed by atoms with E-state index in [4.69, 9.17) is 8.83 Å². The minimum atomic E-state index is -0.933. The normalized spacial score (nSPS) is 12.9. The average Bonchev–Trinajstić information content (AvgIpc) is 1.54. The topological polar surface area (TPSA) is 32.8 Å². The van der Waals surface area contributed by atoms with Gasteiger partial charge in [-0.2, -0.15) is 0 Å². The van der Waals surface area contributed by atoms with Crippen LogP contribution in [0.25, 0.3) is 77.3 Å². The van der Waals surface area contributed by atoms with Gasteiger partial charge in [-0.1, -0.05) is 248 Å². The third kappa shape index (κ3) is 8.33. The van der Waals surface area contributed by atoms with E-state index in [1.165, 1.54) is 11.1 Å². The zero-order valence-corrected chi connectivity index (χ0v) is 48.8. The Morgan fingerprint density at radius 1 is 0.318 bits per heavy atom. The monoisotopic (exact) mass is 1100 g/mol. The highest BCUT2D eigenvalue weighted by atomic mass is 16.3. The Bertz CT molecular complexity index is 4780. The maximum atomic E-state index is 7.65. The van der Waals surface area contributed by atoms with Gasteiger partial charge in [0.05, 0.1) is 33.6 Å². The third-order valence-corrected chi connectivity index (χ3v) is 17.6. The van der Waals surface area contributed by atoms with Crippen LogP contribution < -0.4 is 9.80 Å². The first-order chi connectivity index (χ1) is 41.5.